The van der Waals surface area contributed by atoms with Gasteiger partial charge in [-0.2, -0.15) is 0 Å². The van der Waals surface area contributed by atoms with E-state index in [4.69, 9.17) is 4.74 Å². The maximum Gasteiger partial charge on any atom is 0.319 e. The first-order valence-corrected chi connectivity index (χ1v) is 8.43. The van der Waals surface area contributed by atoms with Gasteiger partial charge < -0.3 is 20.3 Å². The molecule has 138 valence electrons. The largest absolute Gasteiger partial charge is 0.492 e. The standard InChI is InChI=1S/C20H25N3O3/c1-14-5-9-17(10-6-14)26-12-11-21-20(25)22-18-13-16(8-7-15(18)2)19(24)23(3)4/h5-10,13H,11-12H2,1-4H3,(H2,21,22,25). The zero-order valence-electron chi connectivity index (χ0n) is 15.6. The Morgan fingerprint density at radius 1 is 1.04 bits per heavy atom. The number of carbonyl (C=O) groups is 2. The minimum absolute atomic E-state index is 0.111. The third-order valence-corrected chi connectivity index (χ3v) is 3.82. The molecule has 2 aromatic carbocycles. The van der Waals surface area contributed by atoms with E-state index in [1.165, 1.54) is 10.5 Å². The van der Waals surface area contributed by atoms with Crippen LogP contribution in [0.25, 0.3) is 0 Å². The lowest BCUT2D eigenvalue weighted by atomic mass is 10.1. The Hall–Kier alpha value is -3.02. The van der Waals surface area contributed by atoms with Gasteiger partial charge in [0.05, 0.1) is 6.54 Å². The summed E-state index contributed by atoms with van der Waals surface area (Å²) in [5.74, 6) is 0.656. The lowest BCUT2D eigenvalue weighted by Crippen LogP contribution is -2.32. The monoisotopic (exact) mass is 355 g/mol. The number of ether oxygens (including phenoxy) is 1. The molecule has 3 amide bonds. The van der Waals surface area contributed by atoms with Crippen LogP contribution in [0.15, 0.2) is 42.5 Å². The number of benzene rings is 2. The molecule has 26 heavy (non-hydrogen) atoms. The Balaban J connectivity index is 1.84. The van der Waals surface area contributed by atoms with Gasteiger partial charge in [0.1, 0.15) is 12.4 Å². The van der Waals surface area contributed by atoms with Crippen LogP contribution in [-0.2, 0) is 0 Å². The van der Waals surface area contributed by atoms with Crippen molar-refractivity contribution in [1.82, 2.24) is 10.2 Å². The van der Waals surface area contributed by atoms with E-state index in [-0.39, 0.29) is 11.9 Å². The van der Waals surface area contributed by atoms with E-state index in [9.17, 15) is 9.59 Å². The van der Waals surface area contributed by atoms with Crippen LogP contribution in [0, 0.1) is 13.8 Å². The third-order valence-electron chi connectivity index (χ3n) is 3.82. The summed E-state index contributed by atoms with van der Waals surface area (Å²) in [4.78, 5) is 25.6. The summed E-state index contributed by atoms with van der Waals surface area (Å²) >= 11 is 0. The molecule has 0 aliphatic rings. The van der Waals surface area contributed by atoms with Crippen LogP contribution in [0.3, 0.4) is 0 Å². The average molecular weight is 355 g/mol. The molecule has 2 aromatic rings. The summed E-state index contributed by atoms with van der Waals surface area (Å²) in [7, 11) is 3.38. The Morgan fingerprint density at radius 3 is 2.38 bits per heavy atom. The lowest BCUT2D eigenvalue weighted by molar-refractivity contribution is 0.0827. The molecule has 0 aliphatic heterocycles. The van der Waals surface area contributed by atoms with Gasteiger partial charge in [0.2, 0.25) is 0 Å². The molecule has 2 N–H and O–H groups in total. The number of amides is 3. The molecule has 0 saturated heterocycles. The highest BCUT2D eigenvalue weighted by molar-refractivity contribution is 5.97. The fourth-order valence-corrected chi connectivity index (χ4v) is 2.28. The number of anilines is 1. The lowest BCUT2D eigenvalue weighted by Gasteiger charge is -2.14. The van der Waals surface area contributed by atoms with Crippen molar-refractivity contribution < 1.29 is 14.3 Å². The quantitative estimate of drug-likeness (QED) is 0.782. The number of urea groups is 1. The summed E-state index contributed by atoms with van der Waals surface area (Å²) in [6.45, 7) is 4.63. The number of rotatable bonds is 6. The number of aryl methyl sites for hydroxylation is 2. The van der Waals surface area contributed by atoms with Crippen molar-refractivity contribution >= 4 is 17.6 Å². The van der Waals surface area contributed by atoms with Gasteiger partial charge in [-0.15, -0.1) is 0 Å². The maximum atomic E-state index is 12.1. The number of carbonyl (C=O) groups excluding carboxylic acids is 2. The van der Waals surface area contributed by atoms with Crippen molar-refractivity contribution in [3.05, 3.63) is 59.2 Å². The highest BCUT2D eigenvalue weighted by Gasteiger charge is 2.11. The summed E-state index contributed by atoms with van der Waals surface area (Å²) < 4.78 is 5.57. The van der Waals surface area contributed by atoms with Crippen LogP contribution in [0.4, 0.5) is 10.5 Å². The van der Waals surface area contributed by atoms with Gasteiger partial charge in [0.25, 0.3) is 5.91 Å². The topological polar surface area (TPSA) is 70.7 Å². The van der Waals surface area contributed by atoms with Crippen molar-refractivity contribution in [3.8, 4) is 5.75 Å². The van der Waals surface area contributed by atoms with E-state index in [0.717, 1.165) is 11.3 Å². The molecule has 0 unspecified atom stereocenters. The average Bonchev–Trinajstić information content (AvgIpc) is 2.61. The number of nitrogens with one attached hydrogen (secondary N) is 2. The molecular formula is C20H25N3O3. The van der Waals surface area contributed by atoms with Crippen molar-refractivity contribution in [2.45, 2.75) is 13.8 Å². The first-order valence-electron chi connectivity index (χ1n) is 8.43. The van der Waals surface area contributed by atoms with Crippen molar-refractivity contribution in [1.29, 1.82) is 0 Å². The van der Waals surface area contributed by atoms with Gasteiger partial charge in [0, 0.05) is 25.3 Å². The van der Waals surface area contributed by atoms with Crippen LogP contribution in [-0.4, -0.2) is 44.1 Å². The summed E-state index contributed by atoms with van der Waals surface area (Å²) in [5.41, 5.74) is 3.18. The molecule has 0 atom stereocenters. The van der Waals surface area contributed by atoms with Gasteiger partial charge in [0.15, 0.2) is 0 Å². The Labute approximate surface area is 154 Å². The SMILES string of the molecule is Cc1ccc(OCCNC(=O)Nc2cc(C(=O)N(C)C)ccc2C)cc1. The van der Waals surface area contributed by atoms with Gasteiger partial charge in [-0.05, 0) is 43.7 Å². The van der Waals surface area contributed by atoms with Crippen molar-refractivity contribution in [3.63, 3.8) is 0 Å². The molecule has 0 radical (unpaired) electrons. The molecule has 0 bridgehead atoms. The second kappa shape index (κ2) is 8.89. The van der Waals surface area contributed by atoms with E-state index < -0.39 is 0 Å². The minimum atomic E-state index is -0.338. The number of hydrogen-bond donors (Lipinski definition) is 2. The Kier molecular flexibility index (Phi) is 6.60. The number of nitrogens with zero attached hydrogens (tertiary/aromatic N) is 1. The molecule has 0 aromatic heterocycles. The van der Waals surface area contributed by atoms with E-state index in [0.29, 0.717) is 24.4 Å². The van der Waals surface area contributed by atoms with E-state index >= 15 is 0 Å². The summed E-state index contributed by atoms with van der Waals surface area (Å²) in [5, 5.41) is 5.52. The predicted molar refractivity (Wildman–Crippen MR) is 103 cm³/mol. The number of hydrogen-bond acceptors (Lipinski definition) is 3. The fourth-order valence-electron chi connectivity index (χ4n) is 2.28. The first-order chi connectivity index (χ1) is 12.4. The smallest absolute Gasteiger partial charge is 0.319 e. The van der Waals surface area contributed by atoms with Crippen LogP contribution >= 0.6 is 0 Å². The second-order valence-corrected chi connectivity index (χ2v) is 6.27. The third kappa shape index (κ3) is 5.51. The normalized spacial score (nSPS) is 10.2. The van der Waals surface area contributed by atoms with E-state index in [2.05, 4.69) is 10.6 Å². The minimum Gasteiger partial charge on any atom is -0.492 e. The predicted octanol–water partition coefficient (Wildman–Crippen LogP) is 3.21. The van der Waals surface area contributed by atoms with Crippen molar-refractivity contribution in [2.75, 3.05) is 32.6 Å². The van der Waals surface area contributed by atoms with Crippen LogP contribution in [0.1, 0.15) is 21.5 Å². The van der Waals surface area contributed by atoms with Gasteiger partial charge in [-0.3, -0.25) is 4.79 Å². The molecule has 0 aliphatic carbocycles. The zero-order valence-corrected chi connectivity index (χ0v) is 15.6. The molecule has 0 heterocycles. The molecular weight excluding hydrogens is 330 g/mol. The first kappa shape index (κ1) is 19.3. The highest BCUT2D eigenvalue weighted by atomic mass is 16.5. The molecule has 6 heteroatoms. The molecule has 6 nitrogen and oxygen atoms in total. The Morgan fingerprint density at radius 2 is 1.73 bits per heavy atom. The zero-order chi connectivity index (χ0) is 19.1. The van der Waals surface area contributed by atoms with Crippen LogP contribution in [0.2, 0.25) is 0 Å². The highest BCUT2D eigenvalue weighted by Crippen LogP contribution is 2.17. The molecule has 0 spiro atoms. The molecule has 2 rings (SSSR count). The molecule has 0 fully saturated rings. The van der Waals surface area contributed by atoms with Crippen LogP contribution in [0.5, 0.6) is 5.75 Å². The fraction of sp³-hybridized carbons (Fsp3) is 0.300. The van der Waals surface area contributed by atoms with Gasteiger partial charge in [-0.1, -0.05) is 23.8 Å². The van der Waals surface area contributed by atoms with Crippen LogP contribution < -0.4 is 15.4 Å². The maximum absolute atomic E-state index is 12.1. The van der Waals surface area contributed by atoms with Crippen molar-refractivity contribution in [2.24, 2.45) is 0 Å². The summed E-state index contributed by atoms with van der Waals surface area (Å²) in [6, 6.07) is 12.6. The molecule has 0 saturated carbocycles. The van der Waals surface area contributed by atoms with Gasteiger partial charge >= 0.3 is 6.03 Å². The second-order valence-electron chi connectivity index (χ2n) is 6.27. The Bertz CT molecular complexity index is 770. The van der Waals surface area contributed by atoms with E-state index in [1.807, 2.05) is 44.2 Å². The van der Waals surface area contributed by atoms with E-state index in [1.54, 1.807) is 26.2 Å². The summed E-state index contributed by atoms with van der Waals surface area (Å²) in [6.07, 6.45) is 0. The van der Waals surface area contributed by atoms with Gasteiger partial charge in [-0.25, -0.2) is 4.79 Å².